The van der Waals surface area contributed by atoms with E-state index in [0.29, 0.717) is 22.9 Å². The lowest BCUT2D eigenvalue weighted by atomic mass is 10.2. The van der Waals surface area contributed by atoms with Crippen molar-refractivity contribution in [3.05, 3.63) is 42.6 Å². The first-order valence-corrected chi connectivity index (χ1v) is 6.33. The molecule has 1 heterocycles. The summed E-state index contributed by atoms with van der Waals surface area (Å²) in [5.41, 5.74) is 7.30. The first kappa shape index (κ1) is 12.9. The summed E-state index contributed by atoms with van der Waals surface area (Å²) in [5.74, 6) is 4.24. The predicted octanol–water partition coefficient (Wildman–Crippen LogP) is 2.95. The van der Waals surface area contributed by atoms with E-state index < -0.39 is 0 Å². The summed E-state index contributed by atoms with van der Waals surface area (Å²) in [6, 6.07) is 10.9. The lowest BCUT2D eigenvalue weighted by molar-refractivity contribution is 0.369. The molecule has 5 nitrogen and oxygen atoms in total. The second kappa shape index (κ2) is 5.47. The Morgan fingerprint density at radius 1 is 1.19 bits per heavy atom. The highest BCUT2D eigenvalue weighted by atomic mass is 16.5. The highest BCUT2D eigenvalue weighted by Crippen LogP contribution is 2.31. The van der Waals surface area contributed by atoms with Crippen molar-refractivity contribution in [2.24, 2.45) is 0 Å². The Balaban J connectivity index is 1.85. The van der Waals surface area contributed by atoms with E-state index in [1.54, 1.807) is 24.4 Å². The van der Waals surface area contributed by atoms with Gasteiger partial charge in [0.2, 0.25) is 0 Å². The Morgan fingerprint density at radius 3 is 2.86 bits per heavy atom. The number of rotatable bonds is 4. The molecule has 0 atom stereocenters. The van der Waals surface area contributed by atoms with Crippen molar-refractivity contribution in [1.82, 2.24) is 10.2 Å². The van der Waals surface area contributed by atoms with Crippen LogP contribution in [0.3, 0.4) is 0 Å². The van der Waals surface area contributed by atoms with Crippen LogP contribution in [0.1, 0.15) is 0 Å². The van der Waals surface area contributed by atoms with Gasteiger partial charge in [-0.15, -0.1) is 6.42 Å². The fraction of sp³-hybridized carbons (Fsp3) is 0.0625. The van der Waals surface area contributed by atoms with Crippen LogP contribution in [0.5, 0.6) is 17.2 Å². The zero-order valence-electron chi connectivity index (χ0n) is 11.2. The molecule has 1 aromatic heterocycles. The van der Waals surface area contributed by atoms with Crippen LogP contribution in [0, 0.1) is 12.3 Å². The number of nitrogens with two attached hydrogens (primary N) is 1. The second-order valence-corrected chi connectivity index (χ2v) is 4.41. The van der Waals surface area contributed by atoms with Gasteiger partial charge in [-0.25, -0.2) is 0 Å². The smallest absolute Gasteiger partial charge is 0.148 e. The van der Waals surface area contributed by atoms with Gasteiger partial charge in [-0.2, -0.15) is 5.10 Å². The fourth-order valence-electron chi connectivity index (χ4n) is 1.94. The van der Waals surface area contributed by atoms with Crippen molar-refractivity contribution in [2.45, 2.75) is 0 Å². The molecule has 0 saturated carbocycles. The quantitative estimate of drug-likeness (QED) is 0.569. The normalized spacial score (nSPS) is 10.2. The van der Waals surface area contributed by atoms with Gasteiger partial charge in [-0.1, -0.05) is 5.92 Å². The lowest BCUT2D eigenvalue weighted by Crippen LogP contribution is -1.98. The van der Waals surface area contributed by atoms with Gasteiger partial charge in [0.05, 0.1) is 17.4 Å². The van der Waals surface area contributed by atoms with E-state index in [4.69, 9.17) is 21.6 Å². The molecule has 3 rings (SSSR count). The molecule has 3 N–H and O–H groups in total. The van der Waals surface area contributed by atoms with Gasteiger partial charge < -0.3 is 15.2 Å². The number of hydrogen-bond donors (Lipinski definition) is 2. The molecular formula is C16H13N3O2. The average Bonchev–Trinajstić information content (AvgIpc) is 2.95. The number of hydrogen-bond acceptors (Lipinski definition) is 4. The average molecular weight is 279 g/mol. The number of nitrogens with zero attached hydrogens (tertiary/aromatic N) is 1. The van der Waals surface area contributed by atoms with E-state index in [-0.39, 0.29) is 6.61 Å². The maximum Gasteiger partial charge on any atom is 0.148 e. The van der Waals surface area contributed by atoms with Gasteiger partial charge in [0.25, 0.3) is 0 Å². The molecular weight excluding hydrogens is 266 g/mol. The van der Waals surface area contributed by atoms with Crippen LogP contribution in [0.2, 0.25) is 0 Å². The predicted molar refractivity (Wildman–Crippen MR) is 81.4 cm³/mol. The molecule has 3 aromatic rings. The summed E-state index contributed by atoms with van der Waals surface area (Å²) < 4.78 is 11.2. The summed E-state index contributed by atoms with van der Waals surface area (Å²) in [5, 5.41) is 7.84. The molecule has 104 valence electrons. The number of fused-ring (bicyclic) bond motifs is 1. The summed E-state index contributed by atoms with van der Waals surface area (Å²) in [4.78, 5) is 0. The van der Waals surface area contributed by atoms with Crippen LogP contribution in [0.25, 0.3) is 10.9 Å². The van der Waals surface area contributed by atoms with Gasteiger partial charge in [-0.3, -0.25) is 5.10 Å². The number of terminal acetylenes is 1. The van der Waals surface area contributed by atoms with E-state index >= 15 is 0 Å². The number of nitrogens with one attached hydrogen (secondary N) is 1. The van der Waals surface area contributed by atoms with Crippen molar-refractivity contribution >= 4 is 16.6 Å². The van der Waals surface area contributed by atoms with Crippen molar-refractivity contribution in [3.8, 4) is 29.6 Å². The monoisotopic (exact) mass is 279 g/mol. The van der Waals surface area contributed by atoms with Crippen molar-refractivity contribution < 1.29 is 9.47 Å². The van der Waals surface area contributed by atoms with Gasteiger partial charge in [0.1, 0.15) is 23.9 Å². The molecule has 0 unspecified atom stereocenters. The minimum Gasteiger partial charge on any atom is -0.479 e. The minimum atomic E-state index is 0.161. The molecule has 0 fully saturated rings. The Bertz CT molecular complexity index is 818. The molecule has 0 aliphatic carbocycles. The highest BCUT2D eigenvalue weighted by Gasteiger charge is 2.05. The largest absolute Gasteiger partial charge is 0.479 e. The fourth-order valence-corrected chi connectivity index (χ4v) is 1.94. The summed E-state index contributed by atoms with van der Waals surface area (Å²) >= 11 is 0. The van der Waals surface area contributed by atoms with E-state index in [1.165, 1.54) is 0 Å². The molecule has 0 spiro atoms. The van der Waals surface area contributed by atoms with E-state index in [0.717, 1.165) is 10.9 Å². The van der Waals surface area contributed by atoms with Gasteiger partial charge in [0.15, 0.2) is 0 Å². The van der Waals surface area contributed by atoms with Crippen LogP contribution >= 0.6 is 0 Å². The zero-order valence-corrected chi connectivity index (χ0v) is 11.2. The number of anilines is 1. The van der Waals surface area contributed by atoms with Crippen molar-refractivity contribution in [3.63, 3.8) is 0 Å². The number of H-pyrrole nitrogens is 1. The summed E-state index contributed by atoms with van der Waals surface area (Å²) in [6.07, 6.45) is 6.92. The Morgan fingerprint density at radius 2 is 2.00 bits per heavy atom. The first-order chi connectivity index (χ1) is 10.3. The van der Waals surface area contributed by atoms with E-state index in [1.807, 2.05) is 18.2 Å². The SMILES string of the molecule is C#CCOc1cc(Oc2ccc3[nH]ncc3c2)ccc1N. The van der Waals surface area contributed by atoms with Gasteiger partial charge in [0, 0.05) is 11.5 Å². The zero-order chi connectivity index (χ0) is 14.7. The molecule has 0 radical (unpaired) electrons. The first-order valence-electron chi connectivity index (χ1n) is 6.33. The molecule has 0 bridgehead atoms. The third-order valence-corrected chi connectivity index (χ3v) is 2.94. The molecule has 0 aliphatic rings. The van der Waals surface area contributed by atoms with Gasteiger partial charge >= 0.3 is 0 Å². The number of ether oxygens (including phenoxy) is 2. The molecule has 0 amide bonds. The maximum absolute atomic E-state index is 5.82. The Hall–Kier alpha value is -3.13. The number of benzene rings is 2. The third-order valence-electron chi connectivity index (χ3n) is 2.94. The van der Waals surface area contributed by atoms with E-state index in [9.17, 15) is 0 Å². The minimum absolute atomic E-state index is 0.161. The Kier molecular flexibility index (Phi) is 3.36. The standard InChI is InChI=1S/C16H13N3O2/c1-2-7-20-16-9-13(3-5-14(16)17)21-12-4-6-15-11(8-12)10-18-19-15/h1,3-6,8-10H,7,17H2,(H,18,19). The number of aromatic amines is 1. The third kappa shape index (κ3) is 2.74. The summed E-state index contributed by atoms with van der Waals surface area (Å²) in [6.45, 7) is 0.161. The number of nitrogen functional groups attached to an aromatic ring is 1. The van der Waals surface area contributed by atoms with Crippen LogP contribution < -0.4 is 15.2 Å². The lowest BCUT2D eigenvalue weighted by Gasteiger charge is -2.10. The molecule has 0 aliphatic heterocycles. The summed E-state index contributed by atoms with van der Waals surface area (Å²) in [7, 11) is 0. The van der Waals surface area contributed by atoms with Crippen LogP contribution in [0.4, 0.5) is 5.69 Å². The maximum atomic E-state index is 5.82. The molecule has 5 heteroatoms. The topological polar surface area (TPSA) is 73.2 Å². The molecule has 2 aromatic carbocycles. The van der Waals surface area contributed by atoms with Crippen LogP contribution in [-0.4, -0.2) is 16.8 Å². The van der Waals surface area contributed by atoms with Crippen molar-refractivity contribution in [2.75, 3.05) is 12.3 Å². The van der Waals surface area contributed by atoms with Crippen LogP contribution in [-0.2, 0) is 0 Å². The van der Waals surface area contributed by atoms with Crippen LogP contribution in [0.15, 0.2) is 42.6 Å². The molecule has 0 saturated heterocycles. The second-order valence-electron chi connectivity index (χ2n) is 4.41. The highest BCUT2D eigenvalue weighted by molar-refractivity contribution is 5.79. The van der Waals surface area contributed by atoms with Crippen molar-refractivity contribution in [1.29, 1.82) is 0 Å². The number of aromatic nitrogens is 2. The Labute approximate surface area is 121 Å². The van der Waals surface area contributed by atoms with Gasteiger partial charge in [-0.05, 0) is 30.3 Å². The molecule has 21 heavy (non-hydrogen) atoms. The van der Waals surface area contributed by atoms with E-state index in [2.05, 4.69) is 16.1 Å².